The molecule has 1 aromatic carbocycles. The third kappa shape index (κ3) is 5.01. The van der Waals surface area contributed by atoms with Crippen molar-refractivity contribution in [3.05, 3.63) is 42.2 Å². The first-order valence-corrected chi connectivity index (χ1v) is 14.9. The predicted octanol–water partition coefficient (Wildman–Crippen LogP) is 2.93. The fraction of sp³-hybridized carbons (Fsp3) is 0.481. The van der Waals surface area contributed by atoms with Crippen molar-refractivity contribution in [1.82, 2.24) is 14.3 Å². The number of amides is 1. The highest BCUT2D eigenvalue weighted by Crippen LogP contribution is 2.54. The molecule has 3 N–H and O–H groups in total. The van der Waals surface area contributed by atoms with Gasteiger partial charge in [0.25, 0.3) is 11.8 Å². The van der Waals surface area contributed by atoms with E-state index in [1.165, 1.54) is 23.8 Å². The quantitative estimate of drug-likeness (QED) is 0.379. The summed E-state index contributed by atoms with van der Waals surface area (Å²) in [5.74, 6) is -3.00. The lowest BCUT2D eigenvalue weighted by atomic mass is 9.93. The Balaban J connectivity index is 1.32. The molecule has 214 valence electrons. The van der Waals surface area contributed by atoms with Crippen LogP contribution in [0.25, 0.3) is 10.9 Å². The summed E-state index contributed by atoms with van der Waals surface area (Å²) in [6.07, 6.45) is 6.21. The summed E-state index contributed by atoms with van der Waals surface area (Å²) in [6.45, 7) is 0.0972. The van der Waals surface area contributed by atoms with Crippen LogP contribution in [0.2, 0.25) is 0 Å². The van der Waals surface area contributed by atoms with Crippen LogP contribution < -0.4 is 19.8 Å². The van der Waals surface area contributed by atoms with Gasteiger partial charge in [-0.2, -0.15) is 0 Å². The van der Waals surface area contributed by atoms with Gasteiger partial charge in [-0.15, -0.1) is 0 Å². The van der Waals surface area contributed by atoms with Crippen LogP contribution in [0.1, 0.15) is 36.2 Å². The zero-order valence-electron chi connectivity index (χ0n) is 22.2. The molecule has 0 atom stereocenters. The number of nitrogens with one attached hydrogen (secondary N) is 2. The Morgan fingerprint density at radius 3 is 2.45 bits per heavy atom. The summed E-state index contributed by atoms with van der Waals surface area (Å²) in [5, 5.41) is 12.7. The lowest BCUT2D eigenvalue weighted by Gasteiger charge is -2.40. The number of aryl methyl sites for hydroxylation is 1. The molecule has 3 aliphatic rings. The van der Waals surface area contributed by atoms with Gasteiger partial charge in [0.1, 0.15) is 5.69 Å². The number of alkyl halides is 2. The molecule has 2 aromatic heterocycles. The van der Waals surface area contributed by atoms with Gasteiger partial charge in [0.15, 0.2) is 5.82 Å². The number of aromatic nitrogens is 2. The number of anilines is 3. The minimum absolute atomic E-state index is 0.0329. The summed E-state index contributed by atoms with van der Waals surface area (Å²) in [5.41, 5.74) is 2.15. The monoisotopic (exact) mass is 574 g/mol. The predicted molar refractivity (Wildman–Crippen MR) is 148 cm³/mol. The number of halogens is 2. The van der Waals surface area contributed by atoms with Crippen molar-refractivity contribution >= 4 is 44.0 Å². The number of benzene rings is 1. The molecule has 1 aliphatic carbocycles. The second kappa shape index (κ2) is 9.67. The molecule has 13 heteroatoms. The van der Waals surface area contributed by atoms with Gasteiger partial charge >= 0.3 is 0 Å². The fourth-order valence-electron chi connectivity index (χ4n) is 5.69. The molecule has 1 saturated carbocycles. The molecule has 0 unspecified atom stereocenters. The van der Waals surface area contributed by atoms with E-state index < -0.39 is 34.9 Å². The number of carbonyl (C=O) groups is 1. The average molecular weight is 575 g/mol. The minimum Gasteiger partial charge on any atom is -0.395 e. The van der Waals surface area contributed by atoms with E-state index in [0.717, 1.165) is 25.9 Å². The molecule has 0 bridgehead atoms. The smallest absolute Gasteiger partial charge is 0.282 e. The molecule has 0 radical (unpaired) electrons. The molecular weight excluding hydrogens is 542 g/mol. The van der Waals surface area contributed by atoms with Gasteiger partial charge in [0.05, 0.1) is 41.5 Å². The molecular formula is C27H32F2N6O4S. The standard InChI is InChI=1S/C27H32F2N6O4S/c1-33-10-4-18-14-21(31-24(23(18)33)35-16-27(28,29)17-35)25(37)32-20-3-2-19(40(38,39)30-9-13-36)15-22(20)34-11-7-26(5-6-26)8-12-34/h2-4,10,14-15,30,36H,5-9,11-13,16-17H2,1H3,(H,32,37). The van der Waals surface area contributed by atoms with E-state index in [1.807, 2.05) is 0 Å². The molecule has 40 heavy (non-hydrogen) atoms. The first-order chi connectivity index (χ1) is 19.0. The van der Waals surface area contributed by atoms with Crippen LogP contribution in [-0.2, 0) is 17.1 Å². The van der Waals surface area contributed by atoms with Crippen molar-refractivity contribution in [2.24, 2.45) is 12.5 Å². The maximum atomic E-state index is 13.7. The van der Waals surface area contributed by atoms with Crippen LogP contribution in [0.3, 0.4) is 0 Å². The topological polar surface area (TPSA) is 120 Å². The molecule has 10 nitrogen and oxygen atoms in total. The van der Waals surface area contributed by atoms with Gasteiger partial charge < -0.3 is 24.8 Å². The molecule has 6 rings (SSSR count). The van der Waals surface area contributed by atoms with Crippen LogP contribution in [0.15, 0.2) is 41.4 Å². The maximum Gasteiger partial charge on any atom is 0.282 e. The highest BCUT2D eigenvalue weighted by molar-refractivity contribution is 7.89. The van der Waals surface area contributed by atoms with Gasteiger partial charge in [0, 0.05) is 38.3 Å². The van der Waals surface area contributed by atoms with Crippen LogP contribution in [0, 0.1) is 5.41 Å². The van der Waals surface area contributed by atoms with Gasteiger partial charge in [-0.05, 0) is 61.4 Å². The van der Waals surface area contributed by atoms with Crippen molar-refractivity contribution < 1.29 is 27.1 Å². The number of rotatable bonds is 8. The number of carbonyl (C=O) groups excluding carboxylic acids is 1. The maximum absolute atomic E-state index is 13.7. The number of nitrogens with zero attached hydrogens (tertiary/aromatic N) is 4. The van der Waals surface area contributed by atoms with E-state index in [4.69, 9.17) is 5.11 Å². The van der Waals surface area contributed by atoms with Crippen molar-refractivity contribution in [3.8, 4) is 0 Å². The highest BCUT2D eigenvalue weighted by atomic mass is 32.2. The van der Waals surface area contributed by atoms with Crippen molar-refractivity contribution in [1.29, 1.82) is 0 Å². The minimum atomic E-state index is -3.87. The number of aliphatic hydroxyl groups excluding tert-OH is 1. The number of pyridine rings is 1. The van der Waals surface area contributed by atoms with Crippen LogP contribution in [0.4, 0.5) is 26.0 Å². The van der Waals surface area contributed by atoms with Crippen molar-refractivity contribution in [3.63, 3.8) is 0 Å². The van der Waals surface area contributed by atoms with Gasteiger partial charge in [-0.25, -0.2) is 26.9 Å². The molecule has 1 spiro atoms. The Morgan fingerprint density at radius 1 is 1.07 bits per heavy atom. The van der Waals surface area contributed by atoms with Crippen molar-refractivity contribution in [2.75, 3.05) is 54.4 Å². The SMILES string of the molecule is Cn1ccc2cc(C(=O)Nc3ccc(S(=O)(=O)NCCO)cc3N3CCC4(CC3)CC4)nc(N3CC(F)(F)C3)c21. The highest BCUT2D eigenvalue weighted by Gasteiger charge is 2.46. The Kier molecular flexibility index (Phi) is 6.50. The Hall–Kier alpha value is -3.29. The third-order valence-electron chi connectivity index (χ3n) is 8.26. The van der Waals surface area contributed by atoms with Gasteiger partial charge in [-0.3, -0.25) is 4.79 Å². The first-order valence-electron chi connectivity index (χ1n) is 13.4. The number of hydrogen-bond acceptors (Lipinski definition) is 7. The van der Waals surface area contributed by atoms with Gasteiger partial charge in [-0.1, -0.05) is 0 Å². The molecule has 2 aliphatic heterocycles. The summed E-state index contributed by atoms with van der Waals surface area (Å²) in [6, 6.07) is 7.94. The Bertz CT molecular complexity index is 1570. The second-order valence-corrected chi connectivity index (χ2v) is 12.9. The fourth-order valence-corrected chi connectivity index (χ4v) is 6.73. The van der Waals surface area contributed by atoms with E-state index >= 15 is 0 Å². The summed E-state index contributed by atoms with van der Waals surface area (Å²) >= 11 is 0. The Labute approximate surface area is 231 Å². The summed E-state index contributed by atoms with van der Waals surface area (Å²) in [4.78, 5) is 21.6. The van der Waals surface area contributed by atoms with Crippen LogP contribution in [-0.4, -0.2) is 74.2 Å². The number of hydrogen-bond donors (Lipinski definition) is 3. The lowest BCUT2D eigenvalue weighted by Crippen LogP contribution is -2.56. The number of piperidine rings is 1. The molecule has 3 fully saturated rings. The lowest BCUT2D eigenvalue weighted by molar-refractivity contribution is -0.0265. The molecule has 4 heterocycles. The first kappa shape index (κ1) is 26.9. The normalized spacial score (nSPS) is 19.6. The van der Waals surface area contributed by atoms with Crippen LogP contribution >= 0.6 is 0 Å². The van der Waals surface area contributed by atoms with E-state index in [0.29, 0.717) is 33.5 Å². The van der Waals surface area contributed by atoms with Crippen molar-refractivity contribution in [2.45, 2.75) is 36.5 Å². The zero-order chi connectivity index (χ0) is 28.3. The van der Waals surface area contributed by atoms with E-state index in [9.17, 15) is 22.0 Å². The van der Waals surface area contributed by atoms with E-state index in [-0.39, 0.29) is 23.7 Å². The van der Waals surface area contributed by atoms with Gasteiger partial charge in [0.2, 0.25) is 10.0 Å². The molecule has 3 aromatic rings. The number of aliphatic hydroxyl groups is 1. The number of fused-ring (bicyclic) bond motifs is 1. The Morgan fingerprint density at radius 2 is 1.80 bits per heavy atom. The largest absolute Gasteiger partial charge is 0.395 e. The van der Waals surface area contributed by atoms with Crippen LogP contribution in [0.5, 0.6) is 0 Å². The third-order valence-corrected chi connectivity index (χ3v) is 9.72. The number of sulfonamides is 1. The summed E-state index contributed by atoms with van der Waals surface area (Å²) in [7, 11) is -2.07. The second-order valence-electron chi connectivity index (χ2n) is 11.1. The van der Waals surface area contributed by atoms with E-state index in [2.05, 4.69) is 19.9 Å². The molecule has 1 amide bonds. The average Bonchev–Trinajstić information content (AvgIpc) is 3.56. The summed E-state index contributed by atoms with van der Waals surface area (Å²) < 4.78 is 57.1. The molecule has 2 saturated heterocycles. The zero-order valence-corrected chi connectivity index (χ0v) is 23.0. The van der Waals surface area contributed by atoms with E-state index in [1.54, 1.807) is 42.1 Å².